The number of piperidine rings is 1. The smallest absolute Gasteiger partial charge is 0.314 e. The van der Waals surface area contributed by atoms with Crippen molar-refractivity contribution in [3.8, 4) is 0 Å². The van der Waals surface area contributed by atoms with Gasteiger partial charge in [0.25, 0.3) is 5.91 Å². The first-order valence-electron chi connectivity index (χ1n) is 10.6. The Morgan fingerprint density at radius 2 is 2.06 bits per heavy atom. The predicted molar refractivity (Wildman–Crippen MR) is 119 cm³/mol. The third-order valence-corrected chi connectivity index (χ3v) is 6.06. The van der Waals surface area contributed by atoms with Crippen LogP contribution in [0.3, 0.4) is 0 Å². The van der Waals surface area contributed by atoms with E-state index in [1.807, 2.05) is 53.9 Å². The Morgan fingerprint density at radius 3 is 2.84 bits per heavy atom. The largest absolute Gasteiger partial charge is 0.466 e. The SMILES string of the molecule is CCOC(=O)[C@]1(Cc2cccc(Cl)c2)CCCN(C(=O)c2cn3cc(C)ccc3n2)C1. The number of carbonyl (C=O) groups excluding carboxylic acids is 2. The van der Waals surface area contributed by atoms with E-state index in [2.05, 4.69) is 4.98 Å². The molecule has 1 aliphatic heterocycles. The molecule has 1 atom stereocenters. The third kappa shape index (κ3) is 4.44. The lowest BCUT2D eigenvalue weighted by atomic mass is 9.75. The molecule has 0 bridgehead atoms. The molecular formula is C24H26ClN3O3. The summed E-state index contributed by atoms with van der Waals surface area (Å²) in [6.45, 7) is 4.98. The van der Waals surface area contributed by atoms with Gasteiger partial charge >= 0.3 is 5.97 Å². The highest BCUT2D eigenvalue weighted by atomic mass is 35.5. The van der Waals surface area contributed by atoms with Gasteiger partial charge in [-0.05, 0) is 62.4 Å². The number of esters is 1. The molecule has 31 heavy (non-hydrogen) atoms. The van der Waals surface area contributed by atoms with Crippen LogP contribution in [0.5, 0.6) is 0 Å². The minimum absolute atomic E-state index is 0.166. The number of aromatic nitrogens is 2. The van der Waals surface area contributed by atoms with E-state index in [4.69, 9.17) is 16.3 Å². The lowest BCUT2D eigenvalue weighted by Gasteiger charge is -2.41. The molecular weight excluding hydrogens is 414 g/mol. The van der Waals surface area contributed by atoms with Gasteiger partial charge in [0.1, 0.15) is 11.3 Å². The molecule has 0 unspecified atom stereocenters. The van der Waals surface area contributed by atoms with Crippen LogP contribution < -0.4 is 0 Å². The first-order chi connectivity index (χ1) is 14.9. The van der Waals surface area contributed by atoms with Gasteiger partial charge in [0.2, 0.25) is 0 Å². The van der Waals surface area contributed by atoms with Crippen molar-refractivity contribution >= 4 is 29.1 Å². The summed E-state index contributed by atoms with van der Waals surface area (Å²) in [5.41, 5.74) is 2.35. The Morgan fingerprint density at radius 1 is 1.23 bits per heavy atom. The molecule has 0 aliphatic carbocycles. The monoisotopic (exact) mass is 439 g/mol. The zero-order chi connectivity index (χ0) is 22.0. The van der Waals surface area contributed by atoms with Gasteiger partial charge in [-0.1, -0.05) is 29.8 Å². The fourth-order valence-electron chi connectivity index (χ4n) is 4.38. The van der Waals surface area contributed by atoms with Crippen LogP contribution in [-0.2, 0) is 16.0 Å². The van der Waals surface area contributed by atoms with Crippen molar-refractivity contribution in [2.75, 3.05) is 19.7 Å². The zero-order valence-corrected chi connectivity index (χ0v) is 18.6. The number of ether oxygens (including phenoxy) is 1. The number of halogens is 1. The van der Waals surface area contributed by atoms with Gasteiger partial charge in [0.15, 0.2) is 0 Å². The van der Waals surface area contributed by atoms with Gasteiger partial charge in [0.05, 0.1) is 12.0 Å². The van der Waals surface area contributed by atoms with Crippen LogP contribution in [0.15, 0.2) is 48.8 Å². The number of rotatable bonds is 5. The molecule has 6 nitrogen and oxygen atoms in total. The van der Waals surface area contributed by atoms with Crippen LogP contribution in [0.4, 0.5) is 0 Å². The average Bonchev–Trinajstić information content (AvgIpc) is 3.16. The van der Waals surface area contributed by atoms with Crippen molar-refractivity contribution in [1.29, 1.82) is 0 Å². The molecule has 0 spiro atoms. The van der Waals surface area contributed by atoms with Crippen molar-refractivity contribution < 1.29 is 14.3 Å². The van der Waals surface area contributed by atoms with Crippen LogP contribution in [0, 0.1) is 12.3 Å². The Hall–Kier alpha value is -2.86. The molecule has 4 rings (SSSR count). The molecule has 1 saturated heterocycles. The maximum Gasteiger partial charge on any atom is 0.314 e. The van der Waals surface area contributed by atoms with E-state index in [1.54, 1.807) is 18.0 Å². The summed E-state index contributed by atoms with van der Waals surface area (Å²) < 4.78 is 7.31. The fraction of sp³-hybridized carbons (Fsp3) is 0.375. The Kier molecular flexibility index (Phi) is 6.01. The summed E-state index contributed by atoms with van der Waals surface area (Å²) in [4.78, 5) is 32.6. The number of carbonyl (C=O) groups is 2. The Labute approximate surface area is 186 Å². The number of likely N-dealkylation sites (tertiary alicyclic amines) is 1. The van der Waals surface area contributed by atoms with Crippen molar-refractivity contribution in [2.24, 2.45) is 5.41 Å². The maximum atomic E-state index is 13.3. The van der Waals surface area contributed by atoms with Gasteiger partial charge in [0, 0.05) is 30.5 Å². The van der Waals surface area contributed by atoms with Crippen molar-refractivity contribution in [2.45, 2.75) is 33.1 Å². The van der Waals surface area contributed by atoms with Gasteiger partial charge in [-0.25, -0.2) is 4.98 Å². The number of fused-ring (bicyclic) bond motifs is 1. The summed E-state index contributed by atoms with van der Waals surface area (Å²) in [6, 6.07) is 11.4. The first-order valence-corrected chi connectivity index (χ1v) is 10.9. The summed E-state index contributed by atoms with van der Waals surface area (Å²) in [5.74, 6) is -0.432. The number of imidazole rings is 1. The van der Waals surface area contributed by atoms with E-state index >= 15 is 0 Å². The van der Waals surface area contributed by atoms with E-state index < -0.39 is 5.41 Å². The lowest BCUT2D eigenvalue weighted by Crippen LogP contribution is -2.51. The zero-order valence-electron chi connectivity index (χ0n) is 17.8. The van der Waals surface area contributed by atoms with Gasteiger partial charge < -0.3 is 14.0 Å². The summed E-state index contributed by atoms with van der Waals surface area (Å²) >= 11 is 6.17. The highest BCUT2D eigenvalue weighted by Gasteiger charge is 2.45. The predicted octanol–water partition coefficient (Wildman–Crippen LogP) is 4.32. The number of aryl methyl sites for hydroxylation is 1. The fourth-order valence-corrected chi connectivity index (χ4v) is 4.59. The average molecular weight is 440 g/mol. The van der Waals surface area contributed by atoms with Gasteiger partial charge in [-0.3, -0.25) is 9.59 Å². The van der Waals surface area contributed by atoms with Crippen LogP contribution in [-0.4, -0.2) is 45.9 Å². The summed E-state index contributed by atoms with van der Waals surface area (Å²) in [6.07, 6.45) is 5.55. The molecule has 162 valence electrons. The number of hydrogen-bond donors (Lipinski definition) is 0. The second-order valence-corrected chi connectivity index (χ2v) is 8.67. The van der Waals surface area contributed by atoms with Gasteiger partial charge in [-0.2, -0.15) is 0 Å². The molecule has 3 aromatic rings. The third-order valence-electron chi connectivity index (χ3n) is 5.82. The number of amides is 1. The van der Waals surface area contributed by atoms with Crippen LogP contribution in [0.25, 0.3) is 5.65 Å². The normalized spacial score (nSPS) is 18.9. The number of hydrogen-bond acceptors (Lipinski definition) is 4. The Balaban J connectivity index is 1.62. The van der Waals surface area contributed by atoms with Crippen molar-refractivity contribution in [1.82, 2.24) is 14.3 Å². The van der Waals surface area contributed by atoms with E-state index in [-0.39, 0.29) is 11.9 Å². The maximum absolute atomic E-state index is 13.3. The van der Waals surface area contributed by atoms with Gasteiger partial charge in [-0.15, -0.1) is 0 Å². The van der Waals surface area contributed by atoms with Crippen LogP contribution >= 0.6 is 11.6 Å². The van der Waals surface area contributed by atoms with Crippen LogP contribution in [0.1, 0.15) is 41.4 Å². The highest BCUT2D eigenvalue weighted by molar-refractivity contribution is 6.30. The van der Waals surface area contributed by atoms with E-state index in [9.17, 15) is 9.59 Å². The van der Waals surface area contributed by atoms with E-state index in [0.717, 1.165) is 23.2 Å². The standard InChI is InChI=1S/C24H26ClN3O3/c1-3-31-23(30)24(13-18-6-4-7-19(25)12-18)10-5-11-27(16-24)22(29)20-15-28-14-17(2)8-9-21(28)26-20/h4,6-9,12,14-15H,3,5,10-11,13,16H2,1-2H3/t24-/m0/s1. The molecule has 0 radical (unpaired) electrons. The topological polar surface area (TPSA) is 63.9 Å². The minimum Gasteiger partial charge on any atom is -0.466 e. The number of nitrogens with zero attached hydrogens (tertiary/aromatic N) is 3. The highest BCUT2D eigenvalue weighted by Crippen LogP contribution is 2.36. The Bertz CT molecular complexity index is 1130. The molecule has 7 heteroatoms. The first kappa shape index (κ1) is 21.4. The number of benzene rings is 1. The second kappa shape index (κ2) is 8.71. The number of pyridine rings is 1. The van der Waals surface area contributed by atoms with E-state index in [1.165, 1.54) is 0 Å². The lowest BCUT2D eigenvalue weighted by molar-refractivity contribution is -0.158. The van der Waals surface area contributed by atoms with Crippen LogP contribution in [0.2, 0.25) is 5.02 Å². The molecule has 1 aromatic carbocycles. The minimum atomic E-state index is -0.801. The molecule has 2 aromatic heterocycles. The molecule has 3 heterocycles. The van der Waals surface area contributed by atoms with E-state index in [0.29, 0.717) is 43.3 Å². The molecule has 1 fully saturated rings. The molecule has 1 aliphatic rings. The quantitative estimate of drug-likeness (QED) is 0.555. The molecule has 0 saturated carbocycles. The second-order valence-electron chi connectivity index (χ2n) is 8.24. The molecule has 1 amide bonds. The summed E-state index contributed by atoms with van der Waals surface area (Å²) in [5, 5.41) is 0.625. The van der Waals surface area contributed by atoms with Crippen molar-refractivity contribution in [3.05, 3.63) is 70.6 Å². The molecule has 0 N–H and O–H groups in total. The van der Waals surface area contributed by atoms with Crippen molar-refractivity contribution in [3.63, 3.8) is 0 Å². The summed E-state index contributed by atoms with van der Waals surface area (Å²) in [7, 11) is 0.